The molecular weight excluding hydrogens is 343 g/mol. The maximum absolute atomic E-state index is 13.2. The average Bonchev–Trinajstić information content (AvgIpc) is 2.68. The number of benzene rings is 2. The molecule has 136 valence electrons. The molecule has 0 saturated heterocycles. The molecule has 0 spiro atoms. The van der Waals surface area contributed by atoms with Crippen LogP contribution in [-0.4, -0.2) is 37.6 Å². The van der Waals surface area contributed by atoms with E-state index in [1.165, 1.54) is 7.11 Å². The van der Waals surface area contributed by atoms with Crippen molar-refractivity contribution in [3.8, 4) is 0 Å². The summed E-state index contributed by atoms with van der Waals surface area (Å²) in [5.41, 5.74) is 0.818. The maximum atomic E-state index is 13.2. The van der Waals surface area contributed by atoms with Crippen molar-refractivity contribution in [2.45, 2.75) is 17.6 Å². The predicted molar refractivity (Wildman–Crippen MR) is 94.2 cm³/mol. The fourth-order valence-corrected chi connectivity index (χ4v) is 4.46. The fourth-order valence-electron chi connectivity index (χ4n) is 2.83. The summed E-state index contributed by atoms with van der Waals surface area (Å²) in [5, 5.41) is 20.1. The van der Waals surface area contributed by atoms with Crippen molar-refractivity contribution in [2.24, 2.45) is 0 Å². The molecule has 0 saturated carbocycles. The van der Waals surface area contributed by atoms with E-state index in [1.807, 2.05) is 6.07 Å². The topological polar surface area (TPSA) is 85.2 Å². The smallest absolute Gasteiger partial charge is 0.368 e. The Hall–Kier alpha value is -1.53. The molecule has 0 aliphatic rings. The molecule has 0 bridgehead atoms. The highest BCUT2D eigenvalue weighted by Crippen LogP contribution is 2.65. The summed E-state index contributed by atoms with van der Waals surface area (Å²) in [6.45, 7) is 0. The summed E-state index contributed by atoms with van der Waals surface area (Å²) < 4.78 is 28.6. The van der Waals surface area contributed by atoms with Gasteiger partial charge in [-0.25, -0.2) is 0 Å². The van der Waals surface area contributed by atoms with Gasteiger partial charge in [0.25, 0.3) is 0 Å². The van der Waals surface area contributed by atoms with E-state index in [0.29, 0.717) is 5.56 Å². The molecule has 25 heavy (non-hydrogen) atoms. The Morgan fingerprint density at radius 1 is 0.920 bits per heavy atom. The van der Waals surface area contributed by atoms with Crippen LogP contribution in [0.1, 0.15) is 17.2 Å². The Morgan fingerprint density at radius 3 is 1.84 bits per heavy atom. The van der Waals surface area contributed by atoms with Gasteiger partial charge >= 0.3 is 7.60 Å². The van der Waals surface area contributed by atoms with Gasteiger partial charge in [0, 0.05) is 21.3 Å². The Balaban J connectivity index is 2.61. The van der Waals surface area contributed by atoms with Gasteiger partial charge in [-0.2, -0.15) is 0 Å². The first-order valence-corrected chi connectivity index (χ1v) is 9.24. The van der Waals surface area contributed by atoms with Crippen molar-refractivity contribution in [2.75, 3.05) is 21.3 Å². The van der Waals surface area contributed by atoms with Gasteiger partial charge in [-0.15, -0.1) is 0 Å². The molecule has 0 aromatic heterocycles. The Morgan fingerprint density at radius 2 is 1.40 bits per heavy atom. The van der Waals surface area contributed by atoms with Crippen molar-refractivity contribution in [3.05, 3.63) is 71.8 Å². The van der Waals surface area contributed by atoms with Gasteiger partial charge in [0.15, 0.2) is 0 Å². The van der Waals surface area contributed by atoms with E-state index in [1.54, 1.807) is 54.6 Å². The molecule has 2 N–H and O–H groups in total. The monoisotopic (exact) mass is 366 g/mol. The number of rotatable bonds is 8. The van der Waals surface area contributed by atoms with Crippen LogP contribution in [0.5, 0.6) is 0 Å². The molecule has 6 nitrogen and oxygen atoms in total. The highest BCUT2D eigenvalue weighted by atomic mass is 31.2. The third kappa shape index (κ3) is 3.55. The number of aliphatic hydroxyl groups excluding tert-OH is 1. The van der Waals surface area contributed by atoms with Gasteiger partial charge < -0.3 is 24.0 Å². The summed E-state index contributed by atoms with van der Waals surface area (Å²) in [5.74, 6) is 0. The first-order chi connectivity index (χ1) is 11.9. The number of aliphatic hydroxyl groups is 2. The standard InChI is InChI=1S/C18H23O6P/c1-22-16(14-10-6-4-7-11-14)17(19)18(20,25(21,23-2)24-3)15-12-8-5-9-13-15/h4-13,16-17,19-20H,1-3H3/t16-,17+,18+/m1/s1. The lowest BCUT2D eigenvalue weighted by atomic mass is 9.95. The van der Waals surface area contributed by atoms with Crippen LogP contribution in [0.15, 0.2) is 60.7 Å². The minimum absolute atomic E-state index is 0.201. The van der Waals surface area contributed by atoms with Gasteiger partial charge in [-0.05, 0) is 11.1 Å². The highest BCUT2D eigenvalue weighted by molar-refractivity contribution is 7.55. The molecule has 2 aromatic rings. The molecule has 0 heterocycles. The lowest BCUT2D eigenvalue weighted by molar-refractivity contribution is -0.111. The third-order valence-electron chi connectivity index (χ3n) is 4.18. The fraction of sp³-hybridized carbons (Fsp3) is 0.333. The largest absolute Gasteiger partial charge is 0.386 e. The van der Waals surface area contributed by atoms with E-state index in [-0.39, 0.29) is 5.56 Å². The van der Waals surface area contributed by atoms with Crippen molar-refractivity contribution in [1.29, 1.82) is 0 Å². The lowest BCUT2D eigenvalue weighted by Crippen LogP contribution is -2.44. The minimum atomic E-state index is -4.14. The first-order valence-electron chi connectivity index (χ1n) is 7.70. The van der Waals surface area contributed by atoms with Gasteiger partial charge in [0.05, 0.1) is 0 Å². The number of ether oxygens (including phenoxy) is 1. The van der Waals surface area contributed by atoms with Crippen molar-refractivity contribution < 1.29 is 28.6 Å². The number of hydrogen-bond donors (Lipinski definition) is 2. The second kappa shape index (κ2) is 8.23. The molecule has 0 aliphatic carbocycles. The number of hydrogen-bond acceptors (Lipinski definition) is 6. The third-order valence-corrected chi connectivity index (χ3v) is 6.50. The van der Waals surface area contributed by atoms with Crippen LogP contribution >= 0.6 is 7.60 Å². The summed E-state index contributed by atoms with van der Waals surface area (Å²) in [6.07, 6.45) is -2.57. The zero-order chi connectivity index (χ0) is 18.5. The van der Waals surface area contributed by atoms with E-state index in [2.05, 4.69) is 0 Å². The molecule has 0 amide bonds. The maximum Gasteiger partial charge on any atom is 0.368 e. The summed E-state index contributed by atoms with van der Waals surface area (Å²) in [4.78, 5) is 0. The van der Waals surface area contributed by atoms with Gasteiger partial charge in [-0.3, -0.25) is 4.57 Å². The molecule has 0 radical (unpaired) electrons. The van der Waals surface area contributed by atoms with Crippen LogP contribution in [0, 0.1) is 0 Å². The Bertz CT molecular complexity index is 700. The van der Waals surface area contributed by atoms with Gasteiger partial charge in [0.1, 0.15) is 12.2 Å². The van der Waals surface area contributed by atoms with Crippen LogP contribution in [0.25, 0.3) is 0 Å². The van der Waals surface area contributed by atoms with Crippen molar-refractivity contribution in [3.63, 3.8) is 0 Å². The SMILES string of the molecule is CO[C@H](c1ccccc1)[C@H](O)[C@](O)(c1ccccc1)P(=O)(OC)OC. The van der Waals surface area contributed by atoms with Crippen molar-refractivity contribution >= 4 is 7.60 Å². The molecule has 7 heteroatoms. The quantitative estimate of drug-likeness (QED) is 0.699. The van der Waals surface area contributed by atoms with E-state index in [4.69, 9.17) is 13.8 Å². The van der Waals surface area contributed by atoms with Gasteiger partial charge in [0.2, 0.25) is 5.34 Å². The van der Waals surface area contributed by atoms with Crippen molar-refractivity contribution in [1.82, 2.24) is 0 Å². The molecule has 2 aromatic carbocycles. The zero-order valence-corrected chi connectivity index (χ0v) is 15.3. The van der Waals surface area contributed by atoms with Gasteiger partial charge in [-0.1, -0.05) is 60.7 Å². The molecule has 0 unspecified atom stereocenters. The predicted octanol–water partition coefficient (Wildman–Crippen LogP) is 3.07. The van der Waals surface area contributed by atoms with E-state index in [0.717, 1.165) is 14.2 Å². The molecule has 0 aliphatic heterocycles. The second-order valence-corrected chi connectivity index (χ2v) is 7.87. The number of methoxy groups -OCH3 is 1. The van der Waals surface area contributed by atoms with E-state index >= 15 is 0 Å². The molecule has 3 atom stereocenters. The van der Waals surface area contributed by atoms with E-state index < -0.39 is 25.1 Å². The van der Waals surface area contributed by atoms with E-state index in [9.17, 15) is 14.8 Å². The average molecular weight is 366 g/mol. The van der Waals surface area contributed by atoms with Crippen LogP contribution in [0.4, 0.5) is 0 Å². The second-order valence-electron chi connectivity index (χ2n) is 5.47. The summed E-state index contributed by atoms with van der Waals surface area (Å²) in [6, 6.07) is 17.0. The Kier molecular flexibility index (Phi) is 6.52. The molecule has 0 fully saturated rings. The first kappa shape index (κ1) is 19.8. The van der Waals surface area contributed by atoms with Crippen LogP contribution in [0.2, 0.25) is 0 Å². The normalized spacial score (nSPS) is 16.8. The molecule has 2 rings (SSSR count). The lowest BCUT2D eigenvalue weighted by Gasteiger charge is -2.40. The molecular formula is C18H23O6P. The summed E-state index contributed by atoms with van der Waals surface area (Å²) in [7, 11) is -0.420. The van der Waals surface area contributed by atoms with Crippen LogP contribution in [0.3, 0.4) is 0 Å². The highest BCUT2D eigenvalue weighted by Gasteiger charge is 2.58. The zero-order valence-electron chi connectivity index (χ0n) is 14.4. The minimum Gasteiger partial charge on any atom is -0.386 e. The van der Waals surface area contributed by atoms with Crippen LogP contribution in [-0.2, 0) is 23.7 Å². The Labute approximate surface area is 147 Å². The van der Waals surface area contributed by atoms with Crippen LogP contribution < -0.4 is 0 Å². The summed E-state index contributed by atoms with van der Waals surface area (Å²) >= 11 is 0.